The van der Waals surface area contributed by atoms with Gasteiger partial charge in [-0.05, 0) is 18.9 Å². The number of fused-ring (bicyclic) bond motifs is 1. The number of piperidine rings is 1. The van der Waals surface area contributed by atoms with Crippen LogP contribution in [0, 0.1) is 0 Å². The maximum atomic E-state index is 12.5. The largest absolute Gasteiger partial charge is 0.340 e. The van der Waals surface area contributed by atoms with E-state index in [4.69, 9.17) is 0 Å². The summed E-state index contributed by atoms with van der Waals surface area (Å²) >= 11 is 1.58. The summed E-state index contributed by atoms with van der Waals surface area (Å²) in [7, 11) is 0. The monoisotopic (exact) mass is 315 g/mol. The zero-order valence-corrected chi connectivity index (χ0v) is 12.9. The van der Waals surface area contributed by atoms with Gasteiger partial charge in [-0.15, -0.1) is 11.3 Å². The maximum Gasteiger partial charge on any atom is 0.228 e. The number of rotatable bonds is 3. The van der Waals surface area contributed by atoms with Gasteiger partial charge in [0.05, 0.1) is 18.2 Å². The highest BCUT2D eigenvalue weighted by Crippen LogP contribution is 2.21. The van der Waals surface area contributed by atoms with Gasteiger partial charge in [0.2, 0.25) is 5.91 Å². The lowest BCUT2D eigenvalue weighted by molar-refractivity contribution is -0.132. The summed E-state index contributed by atoms with van der Waals surface area (Å²) in [5, 5.41) is 6.30. The molecule has 0 saturated carbocycles. The summed E-state index contributed by atoms with van der Waals surface area (Å²) in [4.78, 5) is 19.9. The number of thiazole rings is 1. The first kappa shape index (κ1) is 13.5. The molecule has 22 heavy (non-hydrogen) atoms. The van der Waals surface area contributed by atoms with Gasteiger partial charge in [0.25, 0.3) is 0 Å². The van der Waals surface area contributed by atoms with Crippen LogP contribution < -0.4 is 0 Å². The Hall–Kier alpha value is -2.15. The Morgan fingerprint density at radius 1 is 1.41 bits per heavy atom. The van der Waals surface area contributed by atoms with Crippen molar-refractivity contribution < 1.29 is 4.79 Å². The zero-order chi connectivity index (χ0) is 14.9. The van der Waals surface area contributed by atoms with Crippen LogP contribution in [0.4, 0.5) is 0 Å². The molecule has 3 aromatic rings. The SMILES string of the molecule is O=C(Cc1cn2ccsc2n1)N1CCCC(n2cccn2)C1. The standard InChI is InChI=1S/C15H17N5OS/c21-14(9-12-10-19-7-8-22-15(19)17-12)18-5-1-3-13(11-18)20-6-2-4-16-20/h2,4,6-8,10,13H,1,3,5,9,11H2. The molecule has 0 radical (unpaired) electrons. The van der Waals surface area contributed by atoms with Crippen LogP contribution >= 0.6 is 11.3 Å². The zero-order valence-electron chi connectivity index (χ0n) is 12.1. The average Bonchev–Trinajstić information content (AvgIpc) is 3.24. The molecule has 1 atom stereocenters. The van der Waals surface area contributed by atoms with Crippen LogP contribution in [0.15, 0.2) is 36.2 Å². The summed E-state index contributed by atoms with van der Waals surface area (Å²) in [6.45, 7) is 1.57. The number of carbonyl (C=O) groups is 1. The van der Waals surface area contributed by atoms with E-state index in [1.54, 1.807) is 17.5 Å². The van der Waals surface area contributed by atoms with Gasteiger partial charge >= 0.3 is 0 Å². The first-order valence-electron chi connectivity index (χ1n) is 7.47. The highest BCUT2D eigenvalue weighted by atomic mass is 32.1. The molecule has 0 N–H and O–H groups in total. The molecule has 4 heterocycles. The Bertz CT molecular complexity index is 746. The topological polar surface area (TPSA) is 55.4 Å². The molecule has 0 aromatic carbocycles. The Kier molecular flexibility index (Phi) is 3.42. The van der Waals surface area contributed by atoms with Crippen LogP contribution in [0.2, 0.25) is 0 Å². The van der Waals surface area contributed by atoms with Crippen molar-refractivity contribution >= 4 is 22.2 Å². The molecule has 1 saturated heterocycles. The van der Waals surface area contributed by atoms with Gasteiger partial charge < -0.3 is 4.90 Å². The van der Waals surface area contributed by atoms with E-state index in [9.17, 15) is 4.79 Å². The molecule has 0 aliphatic carbocycles. The van der Waals surface area contributed by atoms with Gasteiger partial charge in [-0.1, -0.05) is 0 Å². The third-order valence-corrected chi connectivity index (χ3v) is 4.89. The Morgan fingerprint density at radius 3 is 3.18 bits per heavy atom. The molecule has 0 bridgehead atoms. The van der Waals surface area contributed by atoms with Crippen molar-refractivity contribution in [2.45, 2.75) is 25.3 Å². The van der Waals surface area contributed by atoms with Crippen LogP contribution in [0.1, 0.15) is 24.6 Å². The maximum absolute atomic E-state index is 12.5. The van der Waals surface area contributed by atoms with Crippen LogP contribution in [-0.4, -0.2) is 43.1 Å². The lowest BCUT2D eigenvalue weighted by Crippen LogP contribution is -2.41. The lowest BCUT2D eigenvalue weighted by atomic mass is 10.1. The smallest absolute Gasteiger partial charge is 0.228 e. The predicted octanol–water partition coefficient (Wildman–Crippen LogP) is 2.00. The molecule has 1 fully saturated rings. The number of aromatic nitrogens is 4. The highest BCUT2D eigenvalue weighted by molar-refractivity contribution is 7.15. The van der Waals surface area contributed by atoms with Gasteiger partial charge in [0, 0.05) is 43.3 Å². The average molecular weight is 315 g/mol. The second-order valence-corrected chi connectivity index (χ2v) is 6.50. The van der Waals surface area contributed by atoms with E-state index in [2.05, 4.69) is 10.1 Å². The Labute approximate surface area is 132 Å². The molecular weight excluding hydrogens is 298 g/mol. The van der Waals surface area contributed by atoms with Crippen molar-refractivity contribution in [3.8, 4) is 0 Å². The summed E-state index contributed by atoms with van der Waals surface area (Å²) in [6, 6.07) is 2.22. The minimum atomic E-state index is 0.155. The molecule has 114 valence electrons. The number of carbonyl (C=O) groups excluding carboxylic acids is 1. The fourth-order valence-electron chi connectivity index (χ4n) is 3.02. The fourth-order valence-corrected chi connectivity index (χ4v) is 3.74. The number of nitrogens with zero attached hydrogens (tertiary/aromatic N) is 5. The summed E-state index contributed by atoms with van der Waals surface area (Å²) in [5.41, 5.74) is 0.845. The van der Waals surface area contributed by atoms with Gasteiger partial charge in [-0.2, -0.15) is 5.10 Å². The predicted molar refractivity (Wildman–Crippen MR) is 83.9 cm³/mol. The molecule has 7 heteroatoms. The number of likely N-dealkylation sites (tertiary alicyclic amines) is 1. The van der Waals surface area contributed by atoms with E-state index >= 15 is 0 Å². The molecule has 0 spiro atoms. The first-order valence-corrected chi connectivity index (χ1v) is 8.35. The number of hydrogen-bond donors (Lipinski definition) is 0. The van der Waals surface area contributed by atoms with E-state index in [1.165, 1.54) is 0 Å². The highest BCUT2D eigenvalue weighted by Gasteiger charge is 2.25. The lowest BCUT2D eigenvalue weighted by Gasteiger charge is -2.32. The summed E-state index contributed by atoms with van der Waals surface area (Å²) < 4.78 is 3.93. The quantitative estimate of drug-likeness (QED) is 0.743. The molecule has 1 amide bonds. The van der Waals surface area contributed by atoms with Gasteiger partial charge in [0.1, 0.15) is 0 Å². The molecule has 1 aliphatic rings. The van der Waals surface area contributed by atoms with Crippen LogP contribution in [0.25, 0.3) is 4.96 Å². The van der Waals surface area contributed by atoms with Gasteiger partial charge in [0.15, 0.2) is 4.96 Å². The van der Waals surface area contributed by atoms with E-state index in [0.29, 0.717) is 6.42 Å². The van der Waals surface area contributed by atoms with Crippen LogP contribution in [0.5, 0.6) is 0 Å². The number of imidazole rings is 1. The molecular formula is C15H17N5OS. The van der Waals surface area contributed by atoms with Crippen molar-refractivity contribution in [1.29, 1.82) is 0 Å². The van der Waals surface area contributed by atoms with Crippen molar-refractivity contribution in [3.05, 3.63) is 41.9 Å². The number of amides is 1. The van der Waals surface area contributed by atoms with E-state index in [0.717, 1.165) is 36.6 Å². The van der Waals surface area contributed by atoms with Crippen molar-refractivity contribution in [1.82, 2.24) is 24.1 Å². The van der Waals surface area contributed by atoms with Gasteiger partial charge in [-0.25, -0.2) is 4.98 Å². The van der Waals surface area contributed by atoms with Crippen LogP contribution in [0.3, 0.4) is 0 Å². The molecule has 3 aromatic heterocycles. The van der Waals surface area contributed by atoms with E-state index in [-0.39, 0.29) is 11.9 Å². The van der Waals surface area contributed by atoms with Crippen LogP contribution in [-0.2, 0) is 11.2 Å². The minimum Gasteiger partial charge on any atom is -0.340 e. The first-order chi connectivity index (χ1) is 10.8. The van der Waals surface area contributed by atoms with Crippen molar-refractivity contribution in [2.75, 3.05) is 13.1 Å². The molecule has 4 rings (SSSR count). The second-order valence-electron chi connectivity index (χ2n) is 5.62. The normalized spacial score (nSPS) is 18.9. The second kappa shape index (κ2) is 5.57. The van der Waals surface area contributed by atoms with Crippen molar-refractivity contribution in [3.63, 3.8) is 0 Å². The molecule has 6 nitrogen and oxygen atoms in total. The molecule has 1 aliphatic heterocycles. The van der Waals surface area contributed by atoms with Gasteiger partial charge in [-0.3, -0.25) is 13.9 Å². The Morgan fingerprint density at radius 2 is 2.36 bits per heavy atom. The fraction of sp³-hybridized carbons (Fsp3) is 0.400. The number of hydrogen-bond acceptors (Lipinski definition) is 4. The minimum absolute atomic E-state index is 0.155. The third-order valence-electron chi connectivity index (χ3n) is 4.12. The Balaban J connectivity index is 1.44. The summed E-state index contributed by atoms with van der Waals surface area (Å²) in [5.74, 6) is 0.155. The summed E-state index contributed by atoms with van der Waals surface area (Å²) in [6.07, 6.45) is 10.1. The van der Waals surface area contributed by atoms with E-state index < -0.39 is 0 Å². The third kappa shape index (κ3) is 2.52. The van der Waals surface area contributed by atoms with Crippen molar-refractivity contribution in [2.24, 2.45) is 0 Å². The molecule has 1 unspecified atom stereocenters. The van der Waals surface area contributed by atoms with E-state index in [1.807, 2.05) is 44.0 Å².